The molecule has 0 N–H and O–H groups in total. The molecular weight excluding hydrogens is 284 g/mol. The van der Waals surface area contributed by atoms with Crippen molar-refractivity contribution in [2.45, 2.75) is 11.8 Å². The lowest BCUT2D eigenvalue weighted by Crippen LogP contribution is -2.40. The molecule has 2 heterocycles. The Bertz CT molecular complexity index is 614. The first-order valence-electron chi connectivity index (χ1n) is 7.26. The summed E-state index contributed by atoms with van der Waals surface area (Å²) in [7, 11) is 2.17. The van der Waals surface area contributed by atoms with Gasteiger partial charge >= 0.3 is 0 Å². The van der Waals surface area contributed by atoms with E-state index in [-0.39, 0.29) is 0 Å². The Morgan fingerprint density at radius 1 is 1.19 bits per heavy atom. The first-order valence-corrected chi connectivity index (χ1v) is 8.03. The number of nitrogens with zero attached hydrogens (tertiary/aromatic N) is 4. The van der Waals surface area contributed by atoms with E-state index in [1.54, 1.807) is 18.3 Å². The molecular formula is C15H20N4OS. The lowest BCUT2D eigenvalue weighted by Gasteiger charge is -2.31. The van der Waals surface area contributed by atoms with Gasteiger partial charge in [-0.3, -0.25) is 0 Å². The van der Waals surface area contributed by atoms with Crippen molar-refractivity contribution in [1.29, 1.82) is 0 Å². The van der Waals surface area contributed by atoms with Crippen LogP contribution in [0.3, 0.4) is 0 Å². The van der Waals surface area contributed by atoms with Gasteiger partial charge in [-0.15, -0.1) is 0 Å². The number of rotatable bonds is 4. The molecule has 1 aromatic heterocycles. The minimum Gasteiger partial charge on any atom is -0.477 e. The highest BCUT2D eigenvalue weighted by atomic mass is 32.2. The van der Waals surface area contributed by atoms with Crippen molar-refractivity contribution >= 4 is 22.9 Å². The third kappa shape index (κ3) is 3.28. The van der Waals surface area contributed by atoms with Gasteiger partial charge in [-0.25, -0.2) is 14.3 Å². The summed E-state index contributed by atoms with van der Waals surface area (Å²) in [5, 5.41) is 0.985. The zero-order valence-electron chi connectivity index (χ0n) is 12.5. The largest absolute Gasteiger partial charge is 0.477 e. The van der Waals surface area contributed by atoms with Gasteiger partial charge in [0, 0.05) is 31.1 Å². The van der Waals surface area contributed by atoms with Crippen LogP contribution < -0.4 is 4.74 Å². The van der Waals surface area contributed by atoms with Gasteiger partial charge in [-0.05, 0) is 38.1 Å². The van der Waals surface area contributed by atoms with Crippen molar-refractivity contribution in [3.63, 3.8) is 0 Å². The summed E-state index contributed by atoms with van der Waals surface area (Å²) in [6.07, 6.45) is 1.58. The van der Waals surface area contributed by atoms with Gasteiger partial charge < -0.3 is 9.64 Å². The summed E-state index contributed by atoms with van der Waals surface area (Å²) in [4.78, 5) is 12.2. The minimum atomic E-state index is 0.613. The Hall–Kier alpha value is -1.37. The zero-order chi connectivity index (χ0) is 14.7. The van der Waals surface area contributed by atoms with Crippen molar-refractivity contribution in [3.05, 3.63) is 24.5 Å². The van der Waals surface area contributed by atoms with Crippen molar-refractivity contribution in [2.24, 2.45) is 0 Å². The van der Waals surface area contributed by atoms with Crippen LogP contribution in [0.4, 0.5) is 0 Å². The maximum absolute atomic E-state index is 5.60. The molecule has 6 heteroatoms. The lowest BCUT2D eigenvalue weighted by atomic mass is 10.2. The van der Waals surface area contributed by atoms with Gasteiger partial charge in [0.1, 0.15) is 6.33 Å². The maximum atomic E-state index is 5.60. The summed E-state index contributed by atoms with van der Waals surface area (Å²) in [5.41, 5.74) is 0.972. The molecule has 2 aromatic rings. The Labute approximate surface area is 129 Å². The number of likely N-dealkylation sites (N-methyl/N-ethyl adjacent to an activating group) is 1. The fourth-order valence-electron chi connectivity index (χ4n) is 2.38. The highest BCUT2D eigenvalue weighted by Gasteiger charge is 2.17. The van der Waals surface area contributed by atoms with Crippen LogP contribution in [-0.4, -0.2) is 59.0 Å². The van der Waals surface area contributed by atoms with Gasteiger partial charge in [-0.1, -0.05) is 6.07 Å². The topological polar surface area (TPSA) is 41.5 Å². The zero-order valence-corrected chi connectivity index (χ0v) is 13.3. The average Bonchev–Trinajstić information content (AvgIpc) is 2.51. The summed E-state index contributed by atoms with van der Waals surface area (Å²) in [6.45, 7) is 6.94. The fraction of sp³-hybridized carbons (Fsp3) is 0.467. The Morgan fingerprint density at radius 3 is 2.76 bits per heavy atom. The molecule has 1 aliphatic rings. The van der Waals surface area contributed by atoms with Gasteiger partial charge in [-0.2, -0.15) is 0 Å². The van der Waals surface area contributed by atoms with Crippen molar-refractivity contribution in [1.82, 2.24) is 19.2 Å². The fourth-order valence-corrected chi connectivity index (χ4v) is 3.39. The number of hydrogen-bond acceptors (Lipinski definition) is 6. The molecule has 112 valence electrons. The van der Waals surface area contributed by atoms with E-state index in [4.69, 9.17) is 4.74 Å². The third-order valence-corrected chi connectivity index (χ3v) is 4.71. The van der Waals surface area contributed by atoms with Crippen LogP contribution in [0.2, 0.25) is 0 Å². The highest BCUT2D eigenvalue weighted by molar-refractivity contribution is 7.97. The first-order chi connectivity index (χ1) is 10.3. The molecule has 0 amide bonds. The number of fused-ring (bicyclic) bond motifs is 1. The molecule has 0 bridgehead atoms. The van der Waals surface area contributed by atoms with Gasteiger partial charge in [0.15, 0.2) is 0 Å². The van der Waals surface area contributed by atoms with E-state index in [2.05, 4.69) is 32.3 Å². The molecule has 1 aromatic carbocycles. The summed E-state index contributed by atoms with van der Waals surface area (Å²) < 4.78 is 8.00. The summed E-state index contributed by atoms with van der Waals surface area (Å²) in [6, 6.07) is 6.19. The van der Waals surface area contributed by atoms with Crippen LogP contribution >= 0.6 is 11.9 Å². The highest BCUT2D eigenvalue weighted by Crippen LogP contribution is 2.32. The predicted molar refractivity (Wildman–Crippen MR) is 85.6 cm³/mol. The van der Waals surface area contributed by atoms with E-state index in [0.29, 0.717) is 12.5 Å². The van der Waals surface area contributed by atoms with E-state index in [1.807, 2.05) is 19.1 Å². The molecule has 0 aliphatic carbocycles. The van der Waals surface area contributed by atoms with E-state index >= 15 is 0 Å². The molecule has 1 fully saturated rings. The molecule has 21 heavy (non-hydrogen) atoms. The first kappa shape index (κ1) is 14.6. The molecule has 0 atom stereocenters. The van der Waals surface area contributed by atoms with Crippen molar-refractivity contribution < 1.29 is 4.74 Å². The summed E-state index contributed by atoms with van der Waals surface area (Å²) >= 11 is 1.78. The Balaban J connectivity index is 1.87. The lowest BCUT2D eigenvalue weighted by molar-refractivity contribution is 0.233. The Kier molecular flexibility index (Phi) is 4.57. The maximum Gasteiger partial charge on any atom is 0.224 e. The molecule has 1 aliphatic heterocycles. The van der Waals surface area contributed by atoms with Crippen molar-refractivity contribution in [2.75, 3.05) is 39.8 Å². The van der Waals surface area contributed by atoms with Gasteiger partial charge in [0.25, 0.3) is 0 Å². The molecule has 0 unspecified atom stereocenters. The third-order valence-electron chi connectivity index (χ3n) is 3.56. The van der Waals surface area contributed by atoms with Gasteiger partial charge in [0.2, 0.25) is 5.88 Å². The summed E-state index contributed by atoms with van der Waals surface area (Å²) in [5.74, 6) is 0.670. The molecule has 1 saturated heterocycles. The quantitative estimate of drug-likeness (QED) is 0.807. The smallest absolute Gasteiger partial charge is 0.224 e. The second-order valence-corrected chi connectivity index (χ2v) is 6.23. The average molecular weight is 304 g/mol. The van der Waals surface area contributed by atoms with Crippen LogP contribution in [0, 0.1) is 0 Å². The van der Waals surface area contributed by atoms with Gasteiger partial charge in [0.05, 0.1) is 17.5 Å². The standard InChI is InChI=1S/C15H20N4OS/c1-3-20-15-12-5-4-6-13(14(12)16-11-17-15)21-19-9-7-18(2)8-10-19/h4-6,11H,3,7-10H2,1-2H3. The SMILES string of the molecule is CCOc1ncnc2c(SN3CCN(C)CC3)cccc12. The molecule has 3 rings (SSSR count). The van der Waals surface area contributed by atoms with Crippen LogP contribution in [0.15, 0.2) is 29.4 Å². The normalized spacial score (nSPS) is 17.2. The minimum absolute atomic E-state index is 0.613. The number of benzene rings is 1. The molecule has 0 saturated carbocycles. The predicted octanol–water partition coefficient (Wildman–Crippen LogP) is 2.28. The van der Waals surface area contributed by atoms with Crippen LogP contribution in [-0.2, 0) is 0 Å². The molecule has 5 nitrogen and oxygen atoms in total. The molecule has 0 spiro atoms. The second kappa shape index (κ2) is 6.60. The monoisotopic (exact) mass is 304 g/mol. The van der Waals surface area contributed by atoms with E-state index in [9.17, 15) is 0 Å². The number of aromatic nitrogens is 2. The van der Waals surface area contributed by atoms with Crippen LogP contribution in [0.5, 0.6) is 5.88 Å². The van der Waals surface area contributed by atoms with Crippen molar-refractivity contribution in [3.8, 4) is 5.88 Å². The van der Waals surface area contributed by atoms with Crippen LogP contribution in [0.1, 0.15) is 6.92 Å². The number of para-hydroxylation sites is 1. The number of piperazine rings is 1. The number of hydrogen-bond donors (Lipinski definition) is 0. The Morgan fingerprint density at radius 2 is 2.00 bits per heavy atom. The molecule has 0 radical (unpaired) electrons. The van der Waals surface area contributed by atoms with E-state index in [1.165, 1.54) is 4.90 Å². The van der Waals surface area contributed by atoms with E-state index < -0.39 is 0 Å². The van der Waals surface area contributed by atoms with Crippen LogP contribution in [0.25, 0.3) is 10.9 Å². The van der Waals surface area contributed by atoms with E-state index in [0.717, 1.165) is 37.1 Å². The number of ether oxygens (including phenoxy) is 1. The second-order valence-electron chi connectivity index (χ2n) is 5.09.